The first-order valence-electron chi connectivity index (χ1n) is 7.76. The van der Waals surface area contributed by atoms with Crippen molar-refractivity contribution in [2.45, 2.75) is 13.3 Å². The third-order valence-electron chi connectivity index (χ3n) is 3.89. The largest absolute Gasteiger partial charge is 0.423 e. The van der Waals surface area contributed by atoms with Crippen LogP contribution in [0, 0.1) is 5.92 Å². The van der Waals surface area contributed by atoms with Crippen LogP contribution in [0.2, 0.25) is 0 Å². The van der Waals surface area contributed by atoms with E-state index in [1.807, 2.05) is 31.2 Å². The molecular formula is C16H20N4O3. The molecular weight excluding hydrogens is 296 g/mol. The maximum atomic E-state index is 12.5. The van der Waals surface area contributed by atoms with Crippen molar-refractivity contribution in [3.8, 4) is 11.5 Å². The number of carbonyl (C=O) groups excluding carboxylic acids is 1. The molecule has 0 radical (unpaired) electrons. The molecule has 122 valence electrons. The van der Waals surface area contributed by atoms with Gasteiger partial charge in [-0.25, -0.2) is 4.79 Å². The van der Waals surface area contributed by atoms with Gasteiger partial charge in [0.2, 0.25) is 12.3 Å². The zero-order chi connectivity index (χ0) is 16.1. The van der Waals surface area contributed by atoms with Crippen molar-refractivity contribution < 1.29 is 13.9 Å². The van der Waals surface area contributed by atoms with Crippen LogP contribution in [0.5, 0.6) is 0 Å². The molecule has 1 fully saturated rings. The van der Waals surface area contributed by atoms with Crippen LogP contribution in [0.3, 0.4) is 0 Å². The number of hydrogen-bond donors (Lipinski definition) is 1. The van der Waals surface area contributed by atoms with Crippen LogP contribution in [0.25, 0.3) is 11.5 Å². The summed E-state index contributed by atoms with van der Waals surface area (Å²) < 4.78 is 10.6. The molecule has 1 atom stereocenters. The first-order chi connectivity index (χ1) is 11.3. The van der Waals surface area contributed by atoms with E-state index in [0.29, 0.717) is 30.6 Å². The molecule has 7 nitrogen and oxygen atoms in total. The molecule has 0 aliphatic carbocycles. The van der Waals surface area contributed by atoms with E-state index >= 15 is 0 Å². The van der Waals surface area contributed by atoms with Gasteiger partial charge in [0.15, 0.2) is 0 Å². The first-order valence-corrected chi connectivity index (χ1v) is 7.76. The monoisotopic (exact) mass is 316 g/mol. The van der Waals surface area contributed by atoms with Gasteiger partial charge in [-0.1, -0.05) is 6.07 Å². The van der Waals surface area contributed by atoms with E-state index in [1.165, 1.54) is 6.39 Å². The van der Waals surface area contributed by atoms with Crippen molar-refractivity contribution in [2.24, 2.45) is 5.92 Å². The summed E-state index contributed by atoms with van der Waals surface area (Å²) in [5.41, 5.74) is 1.47. The summed E-state index contributed by atoms with van der Waals surface area (Å²) in [4.78, 5) is 14.3. The van der Waals surface area contributed by atoms with Crippen molar-refractivity contribution in [2.75, 3.05) is 31.6 Å². The Morgan fingerprint density at radius 1 is 1.48 bits per heavy atom. The third-order valence-corrected chi connectivity index (χ3v) is 3.89. The number of anilines is 1. The third kappa shape index (κ3) is 3.87. The van der Waals surface area contributed by atoms with Crippen molar-refractivity contribution >= 4 is 11.7 Å². The number of rotatable bonds is 5. The smallest absolute Gasteiger partial charge is 0.321 e. The first kappa shape index (κ1) is 15.5. The highest BCUT2D eigenvalue weighted by Crippen LogP contribution is 2.21. The van der Waals surface area contributed by atoms with Crippen LogP contribution < -0.4 is 5.32 Å². The minimum Gasteiger partial charge on any atom is -0.423 e. The van der Waals surface area contributed by atoms with E-state index in [0.717, 1.165) is 25.2 Å². The fourth-order valence-corrected chi connectivity index (χ4v) is 2.63. The standard InChI is InChI=1S/C16H20N4O3/c1-2-20(9-12-6-7-22-10-12)16(21)18-14-5-3-4-13(8-14)15-19-17-11-23-15/h3-5,8,11-12H,2,6-7,9-10H2,1H3,(H,18,21)/t12-/m0/s1. The molecule has 7 heteroatoms. The number of amides is 2. The van der Waals surface area contributed by atoms with E-state index in [9.17, 15) is 4.79 Å². The molecule has 1 aliphatic rings. The lowest BCUT2D eigenvalue weighted by molar-refractivity contribution is 0.171. The SMILES string of the molecule is CCN(C[C@@H]1CCOC1)C(=O)Nc1cccc(-c2nnco2)c1. The summed E-state index contributed by atoms with van der Waals surface area (Å²) in [5, 5.41) is 10.5. The average molecular weight is 316 g/mol. The molecule has 1 aliphatic heterocycles. The van der Waals surface area contributed by atoms with Gasteiger partial charge in [-0.05, 0) is 31.5 Å². The van der Waals surface area contributed by atoms with Crippen LogP contribution >= 0.6 is 0 Å². The lowest BCUT2D eigenvalue weighted by Gasteiger charge is -2.24. The predicted molar refractivity (Wildman–Crippen MR) is 84.9 cm³/mol. The molecule has 0 bridgehead atoms. The molecule has 1 N–H and O–H groups in total. The lowest BCUT2D eigenvalue weighted by Crippen LogP contribution is -2.38. The molecule has 2 aromatic rings. The Morgan fingerprint density at radius 2 is 2.39 bits per heavy atom. The number of hydrogen-bond acceptors (Lipinski definition) is 5. The summed E-state index contributed by atoms with van der Waals surface area (Å²) in [6.45, 7) is 4.87. The van der Waals surface area contributed by atoms with E-state index in [2.05, 4.69) is 15.5 Å². The van der Waals surface area contributed by atoms with Gasteiger partial charge < -0.3 is 19.4 Å². The van der Waals surface area contributed by atoms with Crippen LogP contribution in [0.15, 0.2) is 35.1 Å². The number of aromatic nitrogens is 2. The number of carbonyl (C=O) groups is 1. The molecule has 3 rings (SSSR count). The molecule has 0 spiro atoms. The van der Waals surface area contributed by atoms with Gasteiger partial charge in [-0.2, -0.15) is 0 Å². The zero-order valence-corrected chi connectivity index (χ0v) is 13.1. The molecule has 2 amide bonds. The molecule has 23 heavy (non-hydrogen) atoms. The quantitative estimate of drug-likeness (QED) is 0.917. The second-order valence-electron chi connectivity index (χ2n) is 5.52. The van der Waals surface area contributed by atoms with Crippen LogP contribution in [0.1, 0.15) is 13.3 Å². The fourth-order valence-electron chi connectivity index (χ4n) is 2.63. The minimum atomic E-state index is -0.109. The predicted octanol–water partition coefficient (Wildman–Crippen LogP) is 2.63. The van der Waals surface area contributed by atoms with Crippen molar-refractivity contribution in [3.63, 3.8) is 0 Å². The van der Waals surface area contributed by atoms with E-state index in [4.69, 9.17) is 9.15 Å². The van der Waals surface area contributed by atoms with E-state index < -0.39 is 0 Å². The lowest BCUT2D eigenvalue weighted by atomic mass is 10.1. The topological polar surface area (TPSA) is 80.5 Å². The average Bonchev–Trinajstić information content (AvgIpc) is 3.26. The van der Waals surface area contributed by atoms with Gasteiger partial charge in [-0.3, -0.25) is 0 Å². The van der Waals surface area contributed by atoms with Gasteiger partial charge in [0.05, 0.1) is 6.61 Å². The van der Waals surface area contributed by atoms with Crippen molar-refractivity contribution in [1.29, 1.82) is 0 Å². The number of nitrogens with zero attached hydrogens (tertiary/aromatic N) is 3. The van der Waals surface area contributed by atoms with Crippen molar-refractivity contribution in [3.05, 3.63) is 30.7 Å². The van der Waals surface area contributed by atoms with Gasteiger partial charge in [0.25, 0.3) is 0 Å². The van der Waals surface area contributed by atoms with Gasteiger partial charge >= 0.3 is 6.03 Å². The number of nitrogens with one attached hydrogen (secondary N) is 1. The normalized spacial score (nSPS) is 17.2. The van der Waals surface area contributed by atoms with E-state index in [-0.39, 0.29) is 6.03 Å². The molecule has 0 saturated carbocycles. The van der Waals surface area contributed by atoms with Gasteiger partial charge in [0, 0.05) is 36.9 Å². The van der Waals surface area contributed by atoms with Crippen LogP contribution in [-0.2, 0) is 4.74 Å². The maximum absolute atomic E-state index is 12.5. The highest BCUT2D eigenvalue weighted by atomic mass is 16.5. The number of benzene rings is 1. The fraction of sp³-hybridized carbons (Fsp3) is 0.438. The summed E-state index contributed by atoms with van der Waals surface area (Å²) in [6, 6.07) is 7.25. The Kier molecular flexibility index (Phi) is 4.87. The molecule has 0 unspecified atom stereocenters. The second kappa shape index (κ2) is 7.23. The highest BCUT2D eigenvalue weighted by Gasteiger charge is 2.21. The van der Waals surface area contributed by atoms with Crippen LogP contribution in [0.4, 0.5) is 10.5 Å². The van der Waals surface area contributed by atoms with Gasteiger partial charge in [0.1, 0.15) is 0 Å². The van der Waals surface area contributed by atoms with E-state index in [1.54, 1.807) is 4.90 Å². The molecule has 1 aromatic carbocycles. The number of ether oxygens (including phenoxy) is 1. The summed E-state index contributed by atoms with van der Waals surface area (Å²) in [7, 11) is 0. The minimum absolute atomic E-state index is 0.109. The Hall–Kier alpha value is -2.41. The maximum Gasteiger partial charge on any atom is 0.321 e. The van der Waals surface area contributed by atoms with Gasteiger partial charge in [-0.15, -0.1) is 10.2 Å². The number of urea groups is 1. The summed E-state index contributed by atoms with van der Waals surface area (Å²) in [6.07, 6.45) is 2.29. The van der Waals surface area contributed by atoms with Crippen molar-refractivity contribution in [1.82, 2.24) is 15.1 Å². The Bertz CT molecular complexity index is 639. The Morgan fingerprint density at radius 3 is 3.09 bits per heavy atom. The zero-order valence-electron chi connectivity index (χ0n) is 13.1. The second-order valence-corrected chi connectivity index (χ2v) is 5.52. The summed E-state index contributed by atoms with van der Waals surface area (Å²) >= 11 is 0. The Balaban J connectivity index is 1.65. The molecule has 1 aromatic heterocycles. The summed E-state index contributed by atoms with van der Waals surface area (Å²) in [5.74, 6) is 0.849. The Labute approximate surface area is 134 Å². The molecule has 1 saturated heterocycles. The van der Waals surface area contributed by atoms with Crippen LogP contribution in [-0.4, -0.2) is 47.4 Å². The molecule has 2 heterocycles. The highest BCUT2D eigenvalue weighted by molar-refractivity contribution is 5.90.